The molecular formula is C9H14N6. The summed E-state index contributed by atoms with van der Waals surface area (Å²) in [7, 11) is 0. The van der Waals surface area contributed by atoms with E-state index in [9.17, 15) is 0 Å². The summed E-state index contributed by atoms with van der Waals surface area (Å²) in [6.45, 7) is 2.02. The lowest BCUT2D eigenvalue weighted by atomic mass is 10.2. The van der Waals surface area contributed by atoms with Crippen LogP contribution in [0.15, 0.2) is 12.5 Å². The van der Waals surface area contributed by atoms with Crippen molar-refractivity contribution in [2.24, 2.45) is 5.73 Å². The Balaban J connectivity index is 2.04. The molecule has 1 unspecified atom stereocenters. The smallest absolute Gasteiger partial charge is 0.167 e. The molecule has 0 saturated heterocycles. The molecule has 2 heterocycles. The number of hydrogen-bond acceptors (Lipinski definition) is 4. The zero-order chi connectivity index (χ0) is 10.7. The van der Waals surface area contributed by atoms with Crippen molar-refractivity contribution in [1.82, 2.24) is 25.1 Å². The van der Waals surface area contributed by atoms with Crippen LogP contribution in [0.5, 0.6) is 0 Å². The van der Waals surface area contributed by atoms with E-state index >= 15 is 0 Å². The molecule has 0 aliphatic rings. The summed E-state index contributed by atoms with van der Waals surface area (Å²) in [6, 6.07) is -0.193. The Morgan fingerprint density at radius 1 is 1.53 bits per heavy atom. The molecule has 0 saturated carbocycles. The summed E-state index contributed by atoms with van der Waals surface area (Å²) in [5, 5.41) is 6.92. The summed E-state index contributed by atoms with van der Waals surface area (Å²) in [6.07, 6.45) is 4.90. The second-order valence-corrected chi connectivity index (χ2v) is 3.38. The fraction of sp³-hybridized carbons (Fsp3) is 0.444. The Labute approximate surface area is 87.3 Å². The molecule has 0 aromatic carbocycles. The third-order valence-electron chi connectivity index (χ3n) is 2.21. The van der Waals surface area contributed by atoms with Gasteiger partial charge in [0.25, 0.3) is 0 Å². The molecule has 0 amide bonds. The maximum Gasteiger partial charge on any atom is 0.167 e. The van der Waals surface area contributed by atoms with E-state index in [1.807, 2.05) is 6.92 Å². The van der Waals surface area contributed by atoms with Crippen LogP contribution < -0.4 is 5.73 Å². The van der Waals surface area contributed by atoms with Crippen molar-refractivity contribution in [1.29, 1.82) is 0 Å². The van der Waals surface area contributed by atoms with Gasteiger partial charge in [0.2, 0.25) is 0 Å². The van der Waals surface area contributed by atoms with E-state index in [4.69, 9.17) is 5.73 Å². The molecule has 0 fully saturated rings. The van der Waals surface area contributed by atoms with Gasteiger partial charge in [-0.1, -0.05) is 6.92 Å². The van der Waals surface area contributed by atoms with Gasteiger partial charge in [-0.3, -0.25) is 5.10 Å². The van der Waals surface area contributed by atoms with E-state index in [1.165, 1.54) is 0 Å². The molecule has 2 rings (SSSR count). The summed E-state index contributed by atoms with van der Waals surface area (Å²) >= 11 is 0. The van der Waals surface area contributed by atoms with Gasteiger partial charge in [-0.05, 0) is 0 Å². The van der Waals surface area contributed by atoms with Gasteiger partial charge in [0.1, 0.15) is 5.82 Å². The Morgan fingerprint density at radius 2 is 2.40 bits per heavy atom. The van der Waals surface area contributed by atoms with Crippen LogP contribution in [0.3, 0.4) is 0 Å². The monoisotopic (exact) mass is 206 g/mol. The first-order valence-corrected chi connectivity index (χ1v) is 4.93. The molecule has 1 atom stereocenters. The predicted octanol–water partition coefficient (Wildman–Crippen LogP) is 0.333. The Kier molecular flexibility index (Phi) is 2.77. The number of hydrogen-bond donors (Lipinski definition) is 3. The molecule has 6 nitrogen and oxygen atoms in total. The quantitative estimate of drug-likeness (QED) is 0.671. The summed E-state index contributed by atoms with van der Waals surface area (Å²) in [4.78, 5) is 11.2. The van der Waals surface area contributed by atoms with Gasteiger partial charge in [-0.25, -0.2) is 9.97 Å². The third-order valence-corrected chi connectivity index (χ3v) is 2.21. The minimum Gasteiger partial charge on any atom is -0.348 e. The van der Waals surface area contributed by atoms with Crippen molar-refractivity contribution in [2.75, 3.05) is 0 Å². The molecule has 2 aromatic heterocycles. The fourth-order valence-corrected chi connectivity index (χ4v) is 1.36. The van der Waals surface area contributed by atoms with Gasteiger partial charge in [0.15, 0.2) is 5.82 Å². The van der Waals surface area contributed by atoms with Crippen molar-refractivity contribution in [2.45, 2.75) is 25.8 Å². The Morgan fingerprint density at radius 3 is 3.00 bits per heavy atom. The number of imidazole rings is 1. The lowest BCUT2D eigenvalue weighted by Gasteiger charge is -2.04. The first-order chi connectivity index (χ1) is 7.29. The molecule has 2 aromatic rings. The van der Waals surface area contributed by atoms with E-state index < -0.39 is 0 Å². The number of aryl methyl sites for hydroxylation is 1. The van der Waals surface area contributed by atoms with E-state index in [0.29, 0.717) is 12.2 Å². The highest BCUT2D eigenvalue weighted by Crippen LogP contribution is 2.10. The van der Waals surface area contributed by atoms with Crippen LogP contribution in [0.1, 0.15) is 30.3 Å². The van der Waals surface area contributed by atoms with Crippen LogP contribution in [0, 0.1) is 0 Å². The number of H-pyrrole nitrogens is 2. The standard InChI is InChI=1S/C9H14N6/c1-2-8-13-9(15-14-8)7(10)3-6-4-11-5-12-6/h4-5,7H,2-3,10H2,1H3,(H,11,12)(H,13,14,15). The number of aromatic amines is 2. The topological polar surface area (TPSA) is 96.3 Å². The number of nitrogens with zero attached hydrogens (tertiary/aromatic N) is 3. The largest absolute Gasteiger partial charge is 0.348 e. The summed E-state index contributed by atoms with van der Waals surface area (Å²) < 4.78 is 0. The van der Waals surface area contributed by atoms with Crippen molar-refractivity contribution in [3.8, 4) is 0 Å². The lowest BCUT2D eigenvalue weighted by molar-refractivity contribution is 0.661. The zero-order valence-corrected chi connectivity index (χ0v) is 8.57. The lowest BCUT2D eigenvalue weighted by Crippen LogP contribution is -2.15. The fourth-order valence-electron chi connectivity index (χ4n) is 1.36. The first-order valence-electron chi connectivity index (χ1n) is 4.93. The molecule has 15 heavy (non-hydrogen) atoms. The third kappa shape index (κ3) is 2.21. The van der Waals surface area contributed by atoms with Crippen LogP contribution in [-0.4, -0.2) is 25.1 Å². The van der Waals surface area contributed by atoms with Gasteiger partial charge in [0.05, 0.1) is 12.4 Å². The molecule has 6 heteroatoms. The van der Waals surface area contributed by atoms with Crippen molar-refractivity contribution >= 4 is 0 Å². The van der Waals surface area contributed by atoms with Crippen LogP contribution >= 0.6 is 0 Å². The van der Waals surface area contributed by atoms with Crippen LogP contribution in [0.25, 0.3) is 0 Å². The number of nitrogens with two attached hydrogens (primary N) is 1. The van der Waals surface area contributed by atoms with Crippen LogP contribution in [0.2, 0.25) is 0 Å². The second kappa shape index (κ2) is 4.22. The normalized spacial score (nSPS) is 12.9. The van der Waals surface area contributed by atoms with Crippen molar-refractivity contribution in [3.05, 3.63) is 29.9 Å². The van der Waals surface area contributed by atoms with E-state index in [-0.39, 0.29) is 6.04 Å². The van der Waals surface area contributed by atoms with E-state index in [0.717, 1.165) is 17.9 Å². The highest BCUT2D eigenvalue weighted by Gasteiger charge is 2.12. The van der Waals surface area contributed by atoms with Crippen molar-refractivity contribution < 1.29 is 0 Å². The highest BCUT2D eigenvalue weighted by molar-refractivity contribution is 5.03. The van der Waals surface area contributed by atoms with E-state index in [2.05, 4.69) is 25.1 Å². The van der Waals surface area contributed by atoms with Gasteiger partial charge >= 0.3 is 0 Å². The zero-order valence-electron chi connectivity index (χ0n) is 8.57. The number of rotatable bonds is 4. The average molecular weight is 206 g/mol. The minimum atomic E-state index is -0.193. The average Bonchev–Trinajstić information content (AvgIpc) is 2.86. The van der Waals surface area contributed by atoms with Crippen molar-refractivity contribution in [3.63, 3.8) is 0 Å². The molecule has 4 N–H and O–H groups in total. The van der Waals surface area contributed by atoms with Crippen LogP contribution in [-0.2, 0) is 12.8 Å². The maximum atomic E-state index is 5.96. The molecule has 0 radical (unpaired) electrons. The van der Waals surface area contributed by atoms with E-state index in [1.54, 1.807) is 12.5 Å². The molecule has 0 spiro atoms. The highest BCUT2D eigenvalue weighted by atomic mass is 15.2. The minimum absolute atomic E-state index is 0.193. The van der Waals surface area contributed by atoms with Gasteiger partial charge in [0, 0.05) is 24.7 Å². The van der Waals surface area contributed by atoms with Gasteiger partial charge in [-0.15, -0.1) is 0 Å². The summed E-state index contributed by atoms with van der Waals surface area (Å²) in [5.41, 5.74) is 6.95. The molecule has 0 aliphatic carbocycles. The van der Waals surface area contributed by atoms with Crippen LogP contribution in [0.4, 0.5) is 0 Å². The summed E-state index contributed by atoms with van der Waals surface area (Å²) in [5.74, 6) is 1.52. The predicted molar refractivity (Wildman–Crippen MR) is 55.0 cm³/mol. The molecule has 80 valence electrons. The first kappa shape index (κ1) is 9.85. The molecule has 0 bridgehead atoms. The molecule has 0 aliphatic heterocycles. The maximum absolute atomic E-state index is 5.96. The Bertz CT molecular complexity index is 404. The number of aromatic nitrogens is 5. The second-order valence-electron chi connectivity index (χ2n) is 3.38. The Hall–Kier alpha value is -1.69. The van der Waals surface area contributed by atoms with Gasteiger partial charge < -0.3 is 10.7 Å². The van der Waals surface area contributed by atoms with Gasteiger partial charge in [-0.2, -0.15) is 5.10 Å². The SMILES string of the molecule is CCc1nc(C(N)Cc2cnc[nH]2)n[nH]1. The number of nitrogens with one attached hydrogen (secondary N) is 2. The molecular weight excluding hydrogens is 192 g/mol.